The Kier molecular flexibility index (Phi) is 3.71. The molecule has 0 aliphatic heterocycles. The van der Waals surface area contributed by atoms with Crippen molar-refractivity contribution < 1.29 is 14.3 Å². The number of anilines is 1. The first-order valence-corrected chi connectivity index (χ1v) is 5.92. The van der Waals surface area contributed by atoms with E-state index in [1.165, 1.54) is 18.2 Å². The number of phenols is 1. The highest BCUT2D eigenvalue weighted by Crippen LogP contribution is 2.25. The zero-order chi connectivity index (χ0) is 14.0. The molecule has 0 aliphatic carbocycles. The Labute approximate surface area is 114 Å². The molecule has 2 aromatic rings. The number of carbonyl (C=O) groups is 1. The van der Waals surface area contributed by atoms with Crippen LogP contribution in [-0.4, -0.2) is 11.0 Å². The van der Waals surface area contributed by atoms with Crippen molar-refractivity contribution in [3.63, 3.8) is 0 Å². The third kappa shape index (κ3) is 2.85. The summed E-state index contributed by atoms with van der Waals surface area (Å²) in [5, 5.41) is 12.4. The summed E-state index contributed by atoms with van der Waals surface area (Å²) in [7, 11) is 0. The van der Waals surface area contributed by atoms with E-state index in [0.29, 0.717) is 11.3 Å². The van der Waals surface area contributed by atoms with Gasteiger partial charge in [-0.15, -0.1) is 0 Å². The van der Waals surface area contributed by atoms with E-state index in [0.717, 1.165) is 6.07 Å². The van der Waals surface area contributed by atoms with Gasteiger partial charge < -0.3 is 10.4 Å². The minimum atomic E-state index is -0.653. The first kappa shape index (κ1) is 13.4. The fraction of sp³-hybridized carbons (Fsp3) is 0.0714. The van der Waals surface area contributed by atoms with Gasteiger partial charge in [0.05, 0.1) is 5.56 Å². The molecule has 0 saturated heterocycles. The number of phenolic OH excluding ortho intramolecular Hbond substituents is 1. The number of aromatic hydroxyl groups is 1. The second-order valence-electron chi connectivity index (χ2n) is 4.03. The number of amides is 1. The van der Waals surface area contributed by atoms with Crippen molar-refractivity contribution in [3.8, 4) is 5.75 Å². The van der Waals surface area contributed by atoms with Crippen molar-refractivity contribution in [2.45, 2.75) is 6.92 Å². The maximum absolute atomic E-state index is 13.5. The van der Waals surface area contributed by atoms with Crippen LogP contribution in [0.2, 0.25) is 5.02 Å². The quantitative estimate of drug-likeness (QED) is 0.880. The lowest BCUT2D eigenvalue weighted by molar-refractivity contribution is 0.102. The van der Waals surface area contributed by atoms with E-state index in [-0.39, 0.29) is 16.3 Å². The molecule has 0 saturated carbocycles. The average molecular weight is 280 g/mol. The number of hydrogen-bond donors (Lipinski definition) is 2. The molecule has 1 amide bonds. The van der Waals surface area contributed by atoms with Gasteiger partial charge >= 0.3 is 0 Å². The van der Waals surface area contributed by atoms with E-state index in [9.17, 15) is 14.3 Å². The Hall–Kier alpha value is -2.07. The number of carbonyl (C=O) groups excluding carboxylic acids is 1. The summed E-state index contributed by atoms with van der Waals surface area (Å²) in [6.07, 6.45) is 0. The van der Waals surface area contributed by atoms with E-state index in [1.807, 2.05) is 0 Å². The zero-order valence-electron chi connectivity index (χ0n) is 10.1. The van der Waals surface area contributed by atoms with Crippen LogP contribution in [0.25, 0.3) is 0 Å². The lowest BCUT2D eigenvalue weighted by Gasteiger charge is -2.10. The van der Waals surface area contributed by atoms with E-state index in [4.69, 9.17) is 11.6 Å². The van der Waals surface area contributed by atoms with Gasteiger partial charge in [-0.05, 0) is 37.3 Å². The number of benzene rings is 2. The Balaban J connectivity index is 2.31. The summed E-state index contributed by atoms with van der Waals surface area (Å²) >= 11 is 5.73. The van der Waals surface area contributed by atoms with Gasteiger partial charge in [-0.25, -0.2) is 4.39 Å². The van der Waals surface area contributed by atoms with Gasteiger partial charge in [0.2, 0.25) is 0 Å². The summed E-state index contributed by atoms with van der Waals surface area (Å²) in [4.78, 5) is 12.0. The molecule has 19 heavy (non-hydrogen) atoms. The minimum absolute atomic E-state index is 0.0596. The first-order valence-electron chi connectivity index (χ1n) is 5.54. The lowest BCUT2D eigenvalue weighted by atomic mass is 10.1. The highest BCUT2D eigenvalue weighted by Gasteiger charge is 2.14. The minimum Gasteiger partial charge on any atom is -0.508 e. The molecule has 98 valence electrons. The lowest BCUT2D eigenvalue weighted by Crippen LogP contribution is -2.14. The van der Waals surface area contributed by atoms with Crippen molar-refractivity contribution in [1.29, 1.82) is 0 Å². The molecule has 0 spiro atoms. The highest BCUT2D eigenvalue weighted by atomic mass is 35.5. The van der Waals surface area contributed by atoms with Crippen molar-refractivity contribution in [3.05, 3.63) is 58.4 Å². The molecule has 0 aliphatic rings. The van der Waals surface area contributed by atoms with Gasteiger partial charge in [0.25, 0.3) is 5.91 Å². The van der Waals surface area contributed by atoms with Crippen molar-refractivity contribution in [1.82, 2.24) is 0 Å². The van der Waals surface area contributed by atoms with E-state index < -0.39 is 11.7 Å². The zero-order valence-corrected chi connectivity index (χ0v) is 10.8. The fourth-order valence-corrected chi connectivity index (χ4v) is 1.79. The Bertz CT molecular complexity index is 643. The topological polar surface area (TPSA) is 49.3 Å². The molecule has 2 aromatic carbocycles. The molecule has 2 N–H and O–H groups in total. The summed E-state index contributed by atoms with van der Waals surface area (Å²) in [6.45, 7) is 1.65. The maximum Gasteiger partial charge on any atom is 0.258 e. The normalized spacial score (nSPS) is 10.3. The first-order chi connectivity index (χ1) is 8.99. The van der Waals surface area contributed by atoms with Crippen molar-refractivity contribution in [2.75, 3.05) is 5.32 Å². The fourth-order valence-electron chi connectivity index (χ4n) is 1.62. The van der Waals surface area contributed by atoms with Gasteiger partial charge in [-0.2, -0.15) is 0 Å². The van der Waals surface area contributed by atoms with Crippen LogP contribution in [0.5, 0.6) is 5.75 Å². The van der Waals surface area contributed by atoms with E-state index >= 15 is 0 Å². The van der Waals surface area contributed by atoms with E-state index in [2.05, 4.69) is 5.32 Å². The largest absolute Gasteiger partial charge is 0.508 e. The van der Waals surface area contributed by atoms with Gasteiger partial charge in [0.1, 0.15) is 11.6 Å². The SMILES string of the molecule is Cc1c(O)cccc1NC(=O)c1cc(Cl)ccc1F. The molecule has 0 fully saturated rings. The van der Waals surface area contributed by atoms with Crippen LogP contribution >= 0.6 is 11.6 Å². The molecule has 0 unspecified atom stereocenters. The van der Waals surface area contributed by atoms with Crippen LogP contribution in [0.3, 0.4) is 0 Å². The van der Waals surface area contributed by atoms with Gasteiger partial charge in [0.15, 0.2) is 0 Å². The maximum atomic E-state index is 13.5. The van der Waals surface area contributed by atoms with Gasteiger partial charge in [-0.1, -0.05) is 17.7 Å². The highest BCUT2D eigenvalue weighted by molar-refractivity contribution is 6.31. The van der Waals surface area contributed by atoms with Crippen LogP contribution in [-0.2, 0) is 0 Å². The van der Waals surface area contributed by atoms with Crippen LogP contribution in [0.1, 0.15) is 15.9 Å². The molecule has 5 heteroatoms. The molecule has 2 rings (SSSR count). The number of rotatable bonds is 2. The predicted octanol–water partition coefficient (Wildman–Crippen LogP) is 3.75. The van der Waals surface area contributed by atoms with Crippen molar-refractivity contribution >= 4 is 23.2 Å². The van der Waals surface area contributed by atoms with Crippen molar-refractivity contribution in [2.24, 2.45) is 0 Å². The number of hydrogen-bond acceptors (Lipinski definition) is 2. The molecular weight excluding hydrogens is 269 g/mol. The molecular formula is C14H11ClFNO2. The van der Waals surface area contributed by atoms with Crippen LogP contribution in [0, 0.1) is 12.7 Å². The Morgan fingerprint density at radius 3 is 2.79 bits per heavy atom. The molecule has 0 heterocycles. The second kappa shape index (κ2) is 5.28. The molecule has 3 nitrogen and oxygen atoms in total. The van der Waals surface area contributed by atoms with Crippen LogP contribution in [0.15, 0.2) is 36.4 Å². The number of halogens is 2. The summed E-state index contributed by atoms with van der Waals surface area (Å²) < 4.78 is 13.5. The van der Waals surface area contributed by atoms with E-state index in [1.54, 1.807) is 19.1 Å². The smallest absolute Gasteiger partial charge is 0.258 e. The average Bonchev–Trinajstić information content (AvgIpc) is 2.38. The standard InChI is InChI=1S/C14H11ClFNO2/c1-8-12(3-2-4-13(8)18)17-14(19)10-7-9(15)5-6-11(10)16/h2-7,18H,1H3,(H,17,19). The summed E-state index contributed by atoms with van der Waals surface area (Å²) in [6, 6.07) is 8.47. The van der Waals surface area contributed by atoms with Gasteiger partial charge in [0, 0.05) is 16.3 Å². The van der Waals surface area contributed by atoms with Crippen LogP contribution in [0.4, 0.5) is 10.1 Å². The molecule has 0 radical (unpaired) electrons. The second-order valence-corrected chi connectivity index (χ2v) is 4.46. The Morgan fingerprint density at radius 2 is 2.05 bits per heavy atom. The third-order valence-electron chi connectivity index (χ3n) is 2.73. The number of nitrogens with one attached hydrogen (secondary N) is 1. The molecule has 0 aromatic heterocycles. The van der Waals surface area contributed by atoms with Gasteiger partial charge in [-0.3, -0.25) is 4.79 Å². The molecule has 0 bridgehead atoms. The predicted molar refractivity (Wildman–Crippen MR) is 72.2 cm³/mol. The third-order valence-corrected chi connectivity index (χ3v) is 2.96. The molecule has 0 atom stereocenters. The Morgan fingerprint density at radius 1 is 1.32 bits per heavy atom. The summed E-state index contributed by atoms with van der Waals surface area (Å²) in [5.41, 5.74) is 0.790. The monoisotopic (exact) mass is 279 g/mol. The van der Waals surface area contributed by atoms with Crippen LogP contribution < -0.4 is 5.32 Å². The summed E-state index contributed by atoms with van der Waals surface area (Å²) in [5.74, 6) is -1.21.